The molecule has 4 aromatic rings. The summed E-state index contributed by atoms with van der Waals surface area (Å²) < 4.78 is 17.0. The molecule has 5 rings (SSSR count). The normalized spacial score (nSPS) is 14.1. The molecule has 39 heavy (non-hydrogen) atoms. The van der Waals surface area contributed by atoms with E-state index in [-0.39, 0.29) is 36.4 Å². The number of nitrogens with zero attached hydrogens (tertiary/aromatic N) is 7. The van der Waals surface area contributed by atoms with Gasteiger partial charge in [0.25, 0.3) is 5.91 Å². The summed E-state index contributed by atoms with van der Waals surface area (Å²) >= 11 is 6.66. The minimum atomic E-state index is -0.609. The number of halogens is 2. The van der Waals surface area contributed by atoms with Crippen LogP contribution in [0.2, 0.25) is 5.02 Å². The predicted molar refractivity (Wildman–Crippen MR) is 148 cm³/mol. The number of fused-ring (bicyclic) bond motifs is 1. The monoisotopic (exact) mass is 552 g/mol. The Kier molecular flexibility index (Phi) is 7.89. The van der Waals surface area contributed by atoms with E-state index in [9.17, 15) is 9.18 Å². The Bertz CT molecular complexity index is 1470. The fourth-order valence-electron chi connectivity index (χ4n) is 4.80. The molecule has 0 spiro atoms. The SMILES string of the molecule is CCc1cnc(N2CCC(n3cc(Cl)c4c(Nc5ccc(C(=O)N(C)CCO)cc5F)ncnc43)CC2)nc1. The van der Waals surface area contributed by atoms with Gasteiger partial charge in [0.05, 0.1) is 22.7 Å². The lowest BCUT2D eigenvalue weighted by Gasteiger charge is -2.32. The van der Waals surface area contributed by atoms with Crippen LogP contribution in [0.25, 0.3) is 11.0 Å². The summed E-state index contributed by atoms with van der Waals surface area (Å²) in [5, 5.41) is 13.1. The first kappa shape index (κ1) is 26.8. The lowest BCUT2D eigenvalue weighted by atomic mass is 10.1. The van der Waals surface area contributed by atoms with Crippen molar-refractivity contribution in [2.45, 2.75) is 32.2 Å². The molecule has 1 aliphatic heterocycles. The van der Waals surface area contributed by atoms with Crippen molar-refractivity contribution in [3.63, 3.8) is 0 Å². The molecule has 12 heteroatoms. The molecule has 3 aromatic heterocycles. The predicted octanol–water partition coefficient (Wildman–Crippen LogP) is 4.23. The number of likely N-dealkylation sites (N-methyl/N-ethyl adjacent to an activating group) is 1. The van der Waals surface area contributed by atoms with Gasteiger partial charge in [-0.15, -0.1) is 0 Å². The van der Waals surface area contributed by atoms with E-state index in [1.165, 1.54) is 23.4 Å². The van der Waals surface area contributed by atoms with E-state index in [0.29, 0.717) is 21.9 Å². The minimum absolute atomic E-state index is 0.155. The van der Waals surface area contributed by atoms with E-state index in [1.54, 1.807) is 7.05 Å². The van der Waals surface area contributed by atoms with Crippen molar-refractivity contribution in [2.75, 3.05) is 43.5 Å². The van der Waals surface area contributed by atoms with E-state index in [0.717, 1.165) is 49.9 Å². The second-order valence-electron chi connectivity index (χ2n) is 9.54. The molecule has 10 nitrogen and oxygen atoms in total. The first-order chi connectivity index (χ1) is 18.9. The second-order valence-corrected chi connectivity index (χ2v) is 9.95. The van der Waals surface area contributed by atoms with Gasteiger partial charge in [-0.25, -0.2) is 24.3 Å². The van der Waals surface area contributed by atoms with Gasteiger partial charge in [0, 0.05) is 56.9 Å². The lowest BCUT2D eigenvalue weighted by Crippen LogP contribution is -2.35. The Hall–Kier alpha value is -3.83. The van der Waals surface area contributed by atoms with Gasteiger partial charge in [-0.2, -0.15) is 0 Å². The number of amides is 1. The summed E-state index contributed by atoms with van der Waals surface area (Å²) in [6.45, 7) is 3.67. The number of aliphatic hydroxyl groups is 1. The van der Waals surface area contributed by atoms with Crippen LogP contribution in [0.3, 0.4) is 0 Å². The van der Waals surface area contributed by atoms with Gasteiger partial charge >= 0.3 is 0 Å². The number of hydrogen-bond acceptors (Lipinski definition) is 8. The number of carbonyl (C=O) groups excluding carboxylic acids is 1. The highest BCUT2D eigenvalue weighted by molar-refractivity contribution is 6.36. The van der Waals surface area contributed by atoms with E-state index < -0.39 is 5.82 Å². The first-order valence-electron chi connectivity index (χ1n) is 12.9. The molecular formula is C27H30ClFN8O2. The Labute approximate surface area is 230 Å². The quantitative estimate of drug-likeness (QED) is 0.334. The lowest BCUT2D eigenvalue weighted by molar-refractivity contribution is 0.0766. The Morgan fingerprint density at radius 1 is 1.21 bits per heavy atom. The van der Waals surface area contributed by atoms with E-state index in [2.05, 4.69) is 41.6 Å². The van der Waals surface area contributed by atoms with Crippen LogP contribution in [0.4, 0.5) is 21.8 Å². The zero-order chi connectivity index (χ0) is 27.5. The average Bonchev–Trinajstić information content (AvgIpc) is 3.31. The van der Waals surface area contributed by atoms with Crippen LogP contribution in [0, 0.1) is 5.82 Å². The molecule has 1 fully saturated rings. The van der Waals surface area contributed by atoms with Crippen molar-refractivity contribution in [1.82, 2.24) is 29.4 Å². The Balaban J connectivity index is 1.34. The van der Waals surface area contributed by atoms with Gasteiger partial charge in [-0.3, -0.25) is 4.79 Å². The van der Waals surface area contributed by atoms with Crippen LogP contribution in [-0.4, -0.2) is 73.7 Å². The van der Waals surface area contributed by atoms with Crippen LogP contribution in [0.15, 0.2) is 43.1 Å². The maximum atomic E-state index is 15.0. The highest BCUT2D eigenvalue weighted by Gasteiger charge is 2.25. The van der Waals surface area contributed by atoms with Gasteiger partial charge in [-0.1, -0.05) is 18.5 Å². The van der Waals surface area contributed by atoms with Gasteiger partial charge in [0.1, 0.15) is 23.6 Å². The molecule has 0 aliphatic carbocycles. The number of aromatic nitrogens is 5. The van der Waals surface area contributed by atoms with Crippen molar-refractivity contribution < 1.29 is 14.3 Å². The third kappa shape index (κ3) is 5.50. The Morgan fingerprint density at radius 2 is 1.95 bits per heavy atom. The molecular weight excluding hydrogens is 523 g/mol. The number of nitrogens with one attached hydrogen (secondary N) is 1. The number of benzene rings is 1. The molecule has 1 amide bonds. The number of piperidine rings is 1. The number of carbonyl (C=O) groups is 1. The van der Waals surface area contributed by atoms with Crippen molar-refractivity contribution in [1.29, 1.82) is 0 Å². The fourth-order valence-corrected chi connectivity index (χ4v) is 5.08. The largest absolute Gasteiger partial charge is 0.395 e. The molecule has 0 bridgehead atoms. The van der Waals surface area contributed by atoms with Crippen LogP contribution >= 0.6 is 11.6 Å². The molecule has 0 atom stereocenters. The highest BCUT2D eigenvalue weighted by atomic mass is 35.5. The van der Waals surface area contributed by atoms with Crippen LogP contribution < -0.4 is 10.2 Å². The molecule has 0 radical (unpaired) electrons. The Morgan fingerprint density at radius 3 is 2.62 bits per heavy atom. The van der Waals surface area contributed by atoms with Gasteiger partial charge in [0.15, 0.2) is 0 Å². The van der Waals surface area contributed by atoms with Crippen LogP contribution in [0.1, 0.15) is 41.7 Å². The van der Waals surface area contributed by atoms with Crippen LogP contribution in [0.5, 0.6) is 0 Å². The van der Waals surface area contributed by atoms with Crippen molar-refractivity contribution in [3.8, 4) is 0 Å². The smallest absolute Gasteiger partial charge is 0.253 e. The molecule has 1 aliphatic rings. The third-order valence-electron chi connectivity index (χ3n) is 7.05. The van der Waals surface area contributed by atoms with Crippen molar-refractivity contribution in [3.05, 3.63) is 65.1 Å². The maximum Gasteiger partial charge on any atom is 0.253 e. The van der Waals surface area contributed by atoms with Gasteiger partial charge in [0.2, 0.25) is 5.95 Å². The molecule has 1 aromatic carbocycles. The molecule has 0 saturated carbocycles. The summed E-state index contributed by atoms with van der Waals surface area (Å²) in [7, 11) is 1.55. The number of anilines is 3. The molecule has 4 heterocycles. The fraction of sp³-hybridized carbons (Fsp3) is 0.370. The molecule has 2 N–H and O–H groups in total. The minimum Gasteiger partial charge on any atom is -0.395 e. The summed E-state index contributed by atoms with van der Waals surface area (Å²) in [5.41, 5.74) is 2.12. The zero-order valence-corrected chi connectivity index (χ0v) is 22.6. The van der Waals surface area contributed by atoms with Crippen molar-refractivity contribution in [2.24, 2.45) is 0 Å². The first-order valence-corrected chi connectivity index (χ1v) is 13.3. The zero-order valence-electron chi connectivity index (χ0n) is 21.8. The summed E-state index contributed by atoms with van der Waals surface area (Å²) in [5.74, 6) is 0.127. The average molecular weight is 553 g/mol. The summed E-state index contributed by atoms with van der Waals surface area (Å²) in [6, 6.07) is 4.35. The number of rotatable bonds is 8. The summed E-state index contributed by atoms with van der Waals surface area (Å²) in [4.78, 5) is 33.8. The van der Waals surface area contributed by atoms with E-state index >= 15 is 0 Å². The van der Waals surface area contributed by atoms with E-state index in [4.69, 9.17) is 16.7 Å². The van der Waals surface area contributed by atoms with Gasteiger partial charge < -0.3 is 24.8 Å². The number of aryl methyl sites for hydroxylation is 1. The molecule has 0 unspecified atom stereocenters. The molecule has 204 valence electrons. The standard InChI is InChI=1S/C27H30ClFN8O2/c1-3-17-13-30-27(31-14-17)36-8-6-19(7-9-36)37-15-20(28)23-24(32-16-33-25(23)37)34-22-5-4-18(12-21(22)29)26(39)35(2)10-11-38/h4-5,12-16,19,38H,3,6-11H2,1-2H3,(H,32,33,34). The van der Waals surface area contributed by atoms with Crippen molar-refractivity contribution >= 4 is 46.0 Å². The maximum absolute atomic E-state index is 15.0. The third-order valence-corrected chi connectivity index (χ3v) is 7.34. The van der Waals surface area contributed by atoms with E-state index in [1.807, 2.05) is 18.6 Å². The molecule has 1 saturated heterocycles. The van der Waals surface area contributed by atoms with Gasteiger partial charge in [-0.05, 0) is 43.0 Å². The van der Waals surface area contributed by atoms with Crippen LogP contribution in [-0.2, 0) is 6.42 Å². The topological polar surface area (TPSA) is 112 Å². The number of hydrogen-bond donors (Lipinski definition) is 2. The highest BCUT2D eigenvalue weighted by Crippen LogP contribution is 2.36. The number of aliphatic hydroxyl groups excluding tert-OH is 1. The second kappa shape index (κ2) is 11.5. The summed E-state index contributed by atoms with van der Waals surface area (Å²) in [6.07, 6.45) is 9.67.